The molecule has 1 heterocycles. The molecule has 0 spiro atoms. The SMILES string of the molecule is CC(C)(C)OC(=O)NC(C)(C)C(=O)NC(COCc1ccccc1)C(=O)N1CCc2ccc([N+](=O)[O-])cc2C1. The van der Waals surface area contributed by atoms with Crippen molar-refractivity contribution in [2.75, 3.05) is 13.2 Å². The molecule has 1 atom stereocenters. The van der Waals surface area contributed by atoms with Gasteiger partial charge in [-0.15, -0.1) is 0 Å². The Labute approximate surface area is 228 Å². The summed E-state index contributed by atoms with van der Waals surface area (Å²) in [6, 6.07) is 13.0. The third-order valence-corrected chi connectivity index (χ3v) is 6.11. The molecule has 0 radical (unpaired) electrons. The van der Waals surface area contributed by atoms with Gasteiger partial charge in [-0.3, -0.25) is 19.7 Å². The molecule has 2 aromatic carbocycles. The smallest absolute Gasteiger partial charge is 0.408 e. The highest BCUT2D eigenvalue weighted by Gasteiger charge is 2.36. The van der Waals surface area contributed by atoms with E-state index < -0.39 is 34.1 Å². The number of alkyl carbamates (subject to hydrolysis) is 1. The number of nitrogens with one attached hydrogen (secondary N) is 2. The molecule has 0 fully saturated rings. The van der Waals surface area contributed by atoms with Gasteiger partial charge in [-0.25, -0.2) is 4.79 Å². The normalized spacial score (nSPS) is 14.1. The summed E-state index contributed by atoms with van der Waals surface area (Å²) >= 11 is 0. The number of nitrogens with zero attached hydrogens (tertiary/aromatic N) is 2. The maximum absolute atomic E-state index is 13.6. The molecule has 2 N–H and O–H groups in total. The monoisotopic (exact) mass is 540 g/mol. The van der Waals surface area contributed by atoms with Crippen molar-refractivity contribution in [3.8, 4) is 0 Å². The highest BCUT2D eigenvalue weighted by Crippen LogP contribution is 2.24. The first-order valence-corrected chi connectivity index (χ1v) is 12.7. The fourth-order valence-corrected chi connectivity index (χ4v) is 4.06. The molecule has 1 unspecified atom stereocenters. The van der Waals surface area contributed by atoms with E-state index >= 15 is 0 Å². The fraction of sp³-hybridized carbons (Fsp3) is 0.464. The van der Waals surface area contributed by atoms with E-state index in [0.717, 1.165) is 11.1 Å². The van der Waals surface area contributed by atoms with Crippen molar-refractivity contribution in [2.24, 2.45) is 0 Å². The number of ether oxygens (including phenoxy) is 2. The van der Waals surface area contributed by atoms with Crippen molar-refractivity contribution in [3.63, 3.8) is 0 Å². The second-order valence-corrected chi connectivity index (χ2v) is 11.0. The standard InChI is InChI=1S/C28H36N4O7/c1-27(2,3)39-26(35)30-28(4,5)25(34)29-23(18-38-17-19-9-7-6-8-10-19)24(33)31-14-13-20-11-12-22(32(36)37)15-21(20)16-31/h6-12,15,23H,13-14,16-18H2,1-5H3,(H,29,34)(H,30,35). The number of hydrogen-bond donors (Lipinski definition) is 2. The molecule has 3 rings (SSSR count). The van der Waals surface area contributed by atoms with E-state index in [-0.39, 0.29) is 31.4 Å². The van der Waals surface area contributed by atoms with Crippen LogP contribution in [0.25, 0.3) is 0 Å². The van der Waals surface area contributed by atoms with Gasteiger partial charge in [-0.1, -0.05) is 36.4 Å². The highest BCUT2D eigenvalue weighted by atomic mass is 16.6. The minimum atomic E-state index is -1.39. The molecule has 39 heavy (non-hydrogen) atoms. The van der Waals surface area contributed by atoms with E-state index in [9.17, 15) is 24.5 Å². The van der Waals surface area contributed by atoms with Gasteiger partial charge in [-0.2, -0.15) is 0 Å². The Kier molecular flexibility index (Phi) is 9.28. The van der Waals surface area contributed by atoms with Gasteiger partial charge in [0, 0.05) is 25.2 Å². The number of non-ortho nitro benzene ring substituents is 1. The van der Waals surface area contributed by atoms with Gasteiger partial charge in [-0.05, 0) is 57.7 Å². The molecule has 0 aliphatic carbocycles. The van der Waals surface area contributed by atoms with Crippen molar-refractivity contribution in [2.45, 2.75) is 71.4 Å². The quantitative estimate of drug-likeness (QED) is 0.366. The van der Waals surface area contributed by atoms with Crippen LogP contribution in [0.1, 0.15) is 51.3 Å². The van der Waals surface area contributed by atoms with Gasteiger partial charge < -0.3 is 25.0 Å². The lowest BCUT2D eigenvalue weighted by molar-refractivity contribution is -0.385. The largest absolute Gasteiger partial charge is 0.444 e. The first-order valence-electron chi connectivity index (χ1n) is 12.7. The Morgan fingerprint density at radius 1 is 1.05 bits per heavy atom. The summed E-state index contributed by atoms with van der Waals surface area (Å²) in [5.41, 5.74) is 0.338. The molecular weight excluding hydrogens is 504 g/mol. The number of rotatable bonds is 9. The molecule has 11 heteroatoms. The van der Waals surface area contributed by atoms with Crippen molar-refractivity contribution < 1.29 is 28.8 Å². The lowest BCUT2D eigenvalue weighted by Gasteiger charge is -2.33. The van der Waals surface area contributed by atoms with Gasteiger partial charge in [0.25, 0.3) is 5.69 Å². The van der Waals surface area contributed by atoms with E-state index in [0.29, 0.717) is 18.5 Å². The molecule has 210 valence electrons. The van der Waals surface area contributed by atoms with Crippen LogP contribution < -0.4 is 10.6 Å². The summed E-state index contributed by atoms with van der Waals surface area (Å²) in [7, 11) is 0. The number of amides is 3. The fourth-order valence-electron chi connectivity index (χ4n) is 4.06. The predicted molar refractivity (Wildman–Crippen MR) is 144 cm³/mol. The molecule has 0 saturated heterocycles. The molecule has 1 aliphatic rings. The average Bonchev–Trinajstić information content (AvgIpc) is 2.86. The van der Waals surface area contributed by atoms with E-state index in [2.05, 4.69) is 10.6 Å². The molecule has 0 saturated carbocycles. The Hall–Kier alpha value is -3.99. The number of carbonyl (C=O) groups is 3. The minimum absolute atomic E-state index is 0.0472. The zero-order valence-corrected chi connectivity index (χ0v) is 23.0. The van der Waals surface area contributed by atoms with E-state index in [1.807, 2.05) is 30.3 Å². The third kappa shape index (κ3) is 8.51. The van der Waals surface area contributed by atoms with Crippen molar-refractivity contribution >= 4 is 23.6 Å². The molecule has 3 amide bonds. The molecular formula is C28H36N4O7. The highest BCUT2D eigenvalue weighted by molar-refractivity contribution is 5.93. The minimum Gasteiger partial charge on any atom is -0.444 e. The van der Waals surface area contributed by atoms with Crippen LogP contribution in [0.4, 0.5) is 10.5 Å². The molecule has 0 bridgehead atoms. The number of carbonyl (C=O) groups excluding carboxylic acids is 3. The number of benzene rings is 2. The summed E-state index contributed by atoms with van der Waals surface area (Å²) in [5, 5.41) is 16.5. The Morgan fingerprint density at radius 2 is 1.74 bits per heavy atom. The average molecular weight is 541 g/mol. The first kappa shape index (κ1) is 29.6. The lowest BCUT2D eigenvalue weighted by Crippen LogP contribution is -2.60. The van der Waals surface area contributed by atoms with Crippen LogP contribution in [0.5, 0.6) is 0 Å². The van der Waals surface area contributed by atoms with E-state index in [1.54, 1.807) is 31.7 Å². The van der Waals surface area contributed by atoms with Crippen molar-refractivity contribution in [1.82, 2.24) is 15.5 Å². The topological polar surface area (TPSA) is 140 Å². The summed E-state index contributed by atoms with van der Waals surface area (Å²) < 4.78 is 11.1. The molecule has 0 aromatic heterocycles. The third-order valence-electron chi connectivity index (χ3n) is 6.11. The van der Waals surface area contributed by atoms with Crippen molar-refractivity contribution in [3.05, 3.63) is 75.3 Å². The van der Waals surface area contributed by atoms with E-state index in [1.165, 1.54) is 26.0 Å². The summed E-state index contributed by atoms with van der Waals surface area (Å²) in [6.07, 6.45) is -0.240. The first-order chi connectivity index (χ1) is 18.2. The predicted octanol–water partition coefficient (Wildman–Crippen LogP) is 3.48. The molecule has 2 aromatic rings. The van der Waals surface area contributed by atoms with Gasteiger partial charge in [0.15, 0.2) is 0 Å². The zero-order chi connectivity index (χ0) is 28.8. The van der Waals surface area contributed by atoms with Crippen LogP contribution in [-0.2, 0) is 38.6 Å². The number of fused-ring (bicyclic) bond motifs is 1. The van der Waals surface area contributed by atoms with Gasteiger partial charge in [0.2, 0.25) is 11.8 Å². The summed E-state index contributed by atoms with van der Waals surface area (Å²) in [4.78, 5) is 51.5. The number of nitro groups is 1. The number of nitro benzene ring substituents is 1. The van der Waals surface area contributed by atoms with Crippen LogP contribution in [0, 0.1) is 10.1 Å². The van der Waals surface area contributed by atoms with Crippen LogP contribution in [0.2, 0.25) is 0 Å². The van der Waals surface area contributed by atoms with Gasteiger partial charge in [0.1, 0.15) is 17.2 Å². The van der Waals surface area contributed by atoms with Gasteiger partial charge >= 0.3 is 6.09 Å². The van der Waals surface area contributed by atoms with Crippen molar-refractivity contribution in [1.29, 1.82) is 0 Å². The zero-order valence-electron chi connectivity index (χ0n) is 23.0. The second kappa shape index (κ2) is 12.2. The Bertz CT molecular complexity index is 1210. The lowest BCUT2D eigenvalue weighted by atomic mass is 9.98. The number of hydrogen-bond acceptors (Lipinski definition) is 7. The molecule has 11 nitrogen and oxygen atoms in total. The second-order valence-electron chi connectivity index (χ2n) is 11.0. The Balaban J connectivity index is 1.75. The summed E-state index contributed by atoms with van der Waals surface area (Å²) in [5.74, 6) is -0.982. The summed E-state index contributed by atoms with van der Waals surface area (Å²) in [6.45, 7) is 8.82. The maximum atomic E-state index is 13.6. The van der Waals surface area contributed by atoms with Gasteiger partial charge in [0.05, 0.1) is 18.1 Å². The van der Waals surface area contributed by atoms with Crippen LogP contribution in [0.3, 0.4) is 0 Å². The van der Waals surface area contributed by atoms with E-state index in [4.69, 9.17) is 9.47 Å². The maximum Gasteiger partial charge on any atom is 0.408 e. The van der Waals surface area contributed by atoms with Crippen LogP contribution in [0.15, 0.2) is 48.5 Å². The molecule has 1 aliphatic heterocycles. The van der Waals surface area contributed by atoms with Crippen LogP contribution >= 0.6 is 0 Å². The van der Waals surface area contributed by atoms with Crippen LogP contribution in [-0.4, -0.2) is 58.1 Å². The Morgan fingerprint density at radius 3 is 2.38 bits per heavy atom.